The lowest BCUT2D eigenvalue weighted by Crippen LogP contribution is -2.56. The molecular weight excluding hydrogens is 366 g/mol. The summed E-state index contributed by atoms with van der Waals surface area (Å²) in [6, 6.07) is -1.82. The predicted octanol–water partition coefficient (Wildman–Crippen LogP) is 2.23. The van der Waals surface area contributed by atoms with Gasteiger partial charge in [0.1, 0.15) is 6.04 Å². The molecule has 27 heavy (non-hydrogen) atoms. The Labute approximate surface area is 158 Å². The van der Waals surface area contributed by atoms with Gasteiger partial charge in [0.05, 0.1) is 18.3 Å². The van der Waals surface area contributed by atoms with E-state index in [9.17, 15) is 23.5 Å². The Balaban J connectivity index is 5.91. The van der Waals surface area contributed by atoms with Crippen molar-refractivity contribution in [1.29, 1.82) is 0 Å². The van der Waals surface area contributed by atoms with E-state index in [-0.39, 0.29) is 13.2 Å². The summed E-state index contributed by atoms with van der Waals surface area (Å²) in [6.45, 7) is 8.91. The molecule has 0 aromatic heterocycles. The summed E-state index contributed by atoms with van der Waals surface area (Å²) in [7, 11) is 0. The lowest BCUT2D eigenvalue weighted by molar-refractivity contribution is -0.243. The van der Waals surface area contributed by atoms with E-state index in [4.69, 9.17) is 19.9 Å². The van der Waals surface area contributed by atoms with Gasteiger partial charge in [-0.25, -0.2) is 23.3 Å². The summed E-state index contributed by atoms with van der Waals surface area (Å²) in [5, 5.41) is 10.4. The molecule has 0 saturated carbocycles. The average molecular weight is 398 g/mol. The number of rotatable bonds is 10. The number of nitrogens with zero attached hydrogens (tertiary/aromatic N) is 1. The first-order chi connectivity index (χ1) is 12.2. The number of carbonyl (C=O) groups is 2. The molecule has 10 heteroatoms. The zero-order valence-corrected chi connectivity index (χ0v) is 16.8. The number of aliphatic hydroxyl groups is 1. The van der Waals surface area contributed by atoms with Gasteiger partial charge >= 0.3 is 12.1 Å². The third-order valence-corrected chi connectivity index (χ3v) is 3.14. The molecule has 0 aliphatic heterocycles. The SMILES string of the molecule is CCOC(=O)C(CC(F)(F)CCN)N(C(=O)OC(C)C)C(O)OC(C)(C)C. The van der Waals surface area contributed by atoms with Crippen molar-refractivity contribution < 1.29 is 37.7 Å². The number of halogens is 2. The van der Waals surface area contributed by atoms with Gasteiger partial charge in [-0.1, -0.05) is 0 Å². The van der Waals surface area contributed by atoms with E-state index in [1.54, 1.807) is 20.8 Å². The minimum absolute atomic E-state index is 0.0961. The zero-order valence-electron chi connectivity index (χ0n) is 16.8. The van der Waals surface area contributed by atoms with Crippen LogP contribution in [0.25, 0.3) is 0 Å². The lowest BCUT2D eigenvalue weighted by atomic mass is 10.0. The molecule has 0 aromatic carbocycles. The summed E-state index contributed by atoms with van der Waals surface area (Å²) in [4.78, 5) is 25.2. The van der Waals surface area contributed by atoms with E-state index in [2.05, 4.69) is 0 Å². The molecule has 0 bridgehead atoms. The first kappa shape index (κ1) is 25.5. The average Bonchev–Trinajstić information content (AvgIpc) is 2.43. The van der Waals surface area contributed by atoms with Crippen LogP contribution in [0, 0.1) is 0 Å². The fourth-order valence-electron chi connectivity index (χ4n) is 2.14. The molecule has 3 N–H and O–H groups in total. The van der Waals surface area contributed by atoms with Crippen LogP contribution in [0.1, 0.15) is 54.4 Å². The van der Waals surface area contributed by atoms with Gasteiger partial charge in [-0.05, 0) is 48.1 Å². The highest BCUT2D eigenvalue weighted by Crippen LogP contribution is 2.29. The smallest absolute Gasteiger partial charge is 0.414 e. The van der Waals surface area contributed by atoms with Gasteiger partial charge < -0.3 is 25.1 Å². The van der Waals surface area contributed by atoms with Crippen molar-refractivity contribution in [2.75, 3.05) is 13.2 Å². The first-order valence-electron chi connectivity index (χ1n) is 8.83. The van der Waals surface area contributed by atoms with Crippen LogP contribution in [0.4, 0.5) is 13.6 Å². The van der Waals surface area contributed by atoms with Gasteiger partial charge in [-0.2, -0.15) is 0 Å². The standard InChI is InChI=1S/C17H32F2N2O6/c1-7-25-13(22)12(10-17(18,19)8-9-20)21(14(23)26-11(2)3)15(24)27-16(4,5)6/h11-12,15,24H,7-10,20H2,1-6H3. The van der Waals surface area contributed by atoms with Gasteiger partial charge in [0.2, 0.25) is 6.41 Å². The highest BCUT2D eigenvalue weighted by atomic mass is 19.3. The van der Waals surface area contributed by atoms with Crippen LogP contribution in [-0.2, 0) is 19.0 Å². The van der Waals surface area contributed by atoms with E-state index in [0.717, 1.165) is 0 Å². The number of esters is 1. The molecule has 0 radical (unpaired) electrons. The monoisotopic (exact) mass is 398 g/mol. The number of alkyl halides is 2. The van der Waals surface area contributed by atoms with Crippen molar-refractivity contribution >= 4 is 12.1 Å². The Morgan fingerprint density at radius 3 is 2.19 bits per heavy atom. The third kappa shape index (κ3) is 9.83. The van der Waals surface area contributed by atoms with Crippen LogP contribution in [0.2, 0.25) is 0 Å². The highest BCUT2D eigenvalue weighted by molar-refractivity contribution is 5.81. The Bertz CT molecular complexity index is 483. The Morgan fingerprint density at radius 1 is 1.22 bits per heavy atom. The second-order valence-electron chi connectivity index (χ2n) is 7.26. The molecule has 0 rings (SSSR count). The summed E-state index contributed by atoms with van der Waals surface area (Å²) >= 11 is 0. The molecular formula is C17H32F2N2O6. The first-order valence-corrected chi connectivity index (χ1v) is 8.83. The minimum atomic E-state index is -3.37. The fourth-order valence-corrected chi connectivity index (χ4v) is 2.14. The van der Waals surface area contributed by atoms with Crippen LogP contribution in [-0.4, -0.2) is 65.3 Å². The van der Waals surface area contributed by atoms with Gasteiger partial charge in [-0.15, -0.1) is 0 Å². The Hall–Kier alpha value is -1.52. The normalized spacial score (nSPS) is 14.6. The molecule has 8 nitrogen and oxygen atoms in total. The second-order valence-corrected chi connectivity index (χ2v) is 7.26. The second kappa shape index (κ2) is 10.7. The zero-order chi connectivity index (χ0) is 21.4. The number of hydrogen-bond acceptors (Lipinski definition) is 7. The van der Waals surface area contributed by atoms with Crippen molar-refractivity contribution in [2.24, 2.45) is 5.73 Å². The molecule has 2 atom stereocenters. The molecule has 1 amide bonds. The van der Waals surface area contributed by atoms with Crippen LogP contribution in [0.15, 0.2) is 0 Å². The molecule has 0 aromatic rings. The number of nitrogens with two attached hydrogens (primary N) is 1. The van der Waals surface area contributed by atoms with Crippen molar-refractivity contribution in [3.05, 3.63) is 0 Å². The highest BCUT2D eigenvalue weighted by Gasteiger charge is 2.45. The number of hydrogen-bond donors (Lipinski definition) is 2. The quantitative estimate of drug-likeness (QED) is 0.429. The topological polar surface area (TPSA) is 111 Å². The number of carbonyl (C=O) groups excluding carboxylic acids is 2. The number of amides is 1. The van der Waals surface area contributed by atoms with E-state index >= 15 is 0 Å². The molecule has 2 unspecified atom stereocenters. The number of ether oxygens (including phenoxy) is 3. The lowest BCUT2D eigenvalue weighted by Gasteiger charge is -2.37. The molecule has 160 valence electrons. The van der Waals surface area contributed by atoms with Crippen LogP contribution < -0.4 is 5.73 Å². The maximum atomic E-state index is 14.2. The molecule has 0 spiro atoms. The van der Waals surface area contributed by atoms with Crippen molar-refractivity contribution in [2.45, 2.75) is 84.5 Å². The molecule has 0 saturated heterocycles. The molecule has 0 aliphatic carbocycles. The Morgan fingerprint density at radius 2 is 1.78 bits per heavy atom. The minimum Gasteiger partial charge on any atom is -0.464 e. The van der Waals surface area contributed by atoms with Crippen molar-refractivity contribution in [1.82, 2.24) is 4.90 Å². The van der Waals surface area contributed by atoms with Crippen LogP contribution in [0.5, 0.6) is 0 Å². The van der Waals surface area contributed by atoms with E-state index in [1.165, 1.54) is 20.8 Å². The molecule has 0 fully saturated rings. The van der Waals surface area contributed by atoms with E-state index in [1.807, 2.05) is 0 Å². The van der Waals surface area contributed by atoms with Gasteiger partial charge in [-0.3, -0.25) is 0 Å². The summed E-state index contributed by atoms with van der Waals surface area (Å²) < 4.78 is 43.5. The van der Waals surface area contributed by atoms with Gasteiger partial charge in [0, 0.05) is 12.8 Å². The Kier molecular flexibility index (Phi) is 10.1. The maximum Gasteiger partial charge on any atom is 0.414 e. The number of aliphatic hydroxyl groups excluding tert-OH is 1. The van der Waals surface area contributed by atoms with Crippen molar-refractivity contribution in [3.8, 4) is 0 Å². The van der Waals surface area contributed by atoms with E-state index in [0.29, 0.717) is 4.90 Å². The van der Waals surface area contributed by atoms with Crippen LogP contribution >= 0.6 is 0 Å². The van der Waals surface area contributed by atoms with E-state index < -0.39 is 55.0 Å². The van der Waals surface area contributed by atoms with Gasteiger partial charge in [0.25, 0.3) is 5.92 Å². The largest absolute Gasteiger partial charge is 0.464 e. The van der Waals surface area contributed by atoms with Crippen molar-refractivity contribution in [3.63, 3.8) is 0 Å². The molecule has 0 heterocycles. The van der Waals surface area contributed by atoms with Gasteiger partial charge in [0.15, 0.2) is 0 Å². The summed E-state index contributed by atoms with van der Waals surface area (Å²) in [5.41, 5.74) is 4.26. The van der Waals surface area contributed by atoms with Crippen LogP contribution in [0.3, 0.4) is 0 Å². The molecule has 0 aliphatic rings. The maximum absolute atomic E-state index is 14.2. The third-order valence-electron chi connectivity index (χ3n) is 3.14. The predicted molar refractivity (Wildman–Crippen MR) is 94.0 cm³/mol. The summed E-state index contributed by atoms with van der Waals surface area (Å²) in [5.74, 6) is -4.48. The fraction of sp³-hybridized carbons (Fsp3) is 0.882. The summed E-state index contributed by atoms with van der Waals surface area (Å²) in [6.07, 6.45) is -5.59.